The zero-order chi connectivity index (χ0) is 24.2. The molecule has 0 N–H and O–H groups in total. The largest absolute Gasteiger partial charge is 0.490 e. The average molecular weight is 472 g/mol. The second-order valence-corrected chi connectivity index (χ2v) is 8.31. The van der Waals surface area contributed by atoms with Crippen LogP contribution in [0.5, 0.6) is 11.5 Å². The van der Waals surface area contributed by atoms with Crippen LogP contribution in [0.4, 0.5) is 8.78 Å². The van der Waals surface area contributed by atoms with Crippen molar-refractivity contribution < 1.29 is 23.0 Å². The van der Waals surface area contributed by atoms with Gasteiger partial charge in [0.05, 0.1) is 23.8 Å². The SMILES string of the molecule is CCOc1cc(CN(C(=O)CCn2cnc3c(C)cccc3c2=O)C2CC2)ccc1OC(F)F. The van der Waals surface area contributed by atoms with Crippen molar-refractivity contribution >= 4 is 16.8 Å². The lowest BCUT2D eigenvalue weighted by molar-refractivity contribution is -0.132. The third kappa shape index (κ3) is 5.35. The fourth-order valence-corrected chi connectivity index (χ4v) is 3.97. The molecule has 7 nitrogen and oxygen atoms in total. The summed E-state index contributed by atoms with van der Waals surface area (Å²) in [5.41, 5.74) is 2.17. The van der Waals surface area contributed by atoms with Crippen molar-refractivity contribution in [1.29, 1.82) is 0 Å². The Morgan fingerprint density at radius 2 is 2.03 bits per heavy atom. The maximum atomic E-state index is 13.1. The number of fused-ring (bicyclic) bond motifs is 1. The van der Waals surface area contributed by atoms with Crippen LogP contribution in [0.25, 0.3) is 10.9 Å². The van der Waals surface area contributed by atoms with Gasteiger partial charge in [0.1, 0.15) is 0 Å². The van der Waals surface area contributed by atoms with Crippen LogP contribution in [-0.2, 0) is 17.9 Å². The topological polar surface area (TPSA) is 73.7 Å². The minimum absolute atomic E-state index is 0.0386. The molecule has 0 radical (unpaired) electrons. The van der Waals surface area contributed by atoms with Crippen LogP contribution in [0.1, 0.15) is 37.3 Å². The van der Waals surface area contributed by atoms with Gasteiger partial charge in [-0.1, -0.05) is 18.2 Å². The molecule has 1 saturated carbocycles. The lowest BCUT2D eigenvalue weighted by Gasteiger charge is -2.23. The maximum absolute atomic E-state index is 13.1. The highest BCUT2D eigenvalue weighted by Gasteiger charge is 2.32. The van der Waals surface area contributed by atoms with Gasteiger partial charge in [0, 0.05) is 25.6 Å². The van der Waals surface area contributed by atoms with E-state index < -0.39 is 6.61 Å². The Balaban J connectivity index is 1.48. The van der Waals surface area contributed by atoms with Crippen molar-refractivity contribution in [2.45, 2.75) is 58.9 Å². The summed E-state index contributed by atoms with van der Waals surface area (Å²) >= 11 is 0. The van der Waals surface area contributed by atoms with Crippen molar-refractivity contribution in [1.82, 2.24) is 14.5 Å². The number of benzene rings is 2. The van der Waals surface area contributed by atoms with Gasteiger partial charge < -0.3 is 14.4 Å². The van der Waals surface area contributed by atoms with Crippen molar-refractivity contribution in [2.75, 3.05) is 6.61 Å². The monoisotopic (exact) mass is 471 g/mol. The predicted octanol–water partition coefficient (Wildman–Crippen LogP) is 4.29. The Bertz CT molecular complexity index is 1240. The summed E-state index contributed by atoms with van der Waals surface area (Å²) in [5, 5.41) is 0.531. The minimum Gasteiger partial charge on any atom is -0.490 e. The maximum Gasteiger partial charge on any atom is 0.387 e. The Hall–Kier alpha value is -3.49. The summed E-state index contributed by atoms with van der Waals surface area (Å²) in [6.45, 7) is 1.54. The fourth-order valence-electron chi connectivity index (χ4n) is 3.97. The van der Waals surface area contributed by atoms with E-state index in [0.717, 1.165) is 24.0 Å². The molecule has 3 aromatic rings. The van der Waals surface area contributed by atoms with Gasteiger partial charge in [0.2, 0.25) is 5.91 Å². The van der Waals surface area contributed by atoms with Crippen LogP contribution >= 0.6 is 0 Å². The van der Waals surface area contributed by atoms with Crippen LogP contribution in [0.2, 0.25) is 0 Å². The van der Waals surface area contributed by atoms with Crippen molar-refractivity contribution in [3.05, 3.63) is 64.2 Å². The van der Waals surface area contributed by atoms with Gasteiger partial charge in [0.25, 0.3) is 5.56 Å². The Morgan fingerprint density at radius 3 is 2.74 bits per heavy atom. The van der Waals surface area contributed by atoms with Gasteiger partial charge in [-0.2, -0.15) is 8.78 Å². The second-order valence-electron chi connectivity index (χ2n) is 8.31. The zero-order valence-electron chi connectivity index (χ0n) is 19.2. The molecule has 0 unspecified atom stereocenters. The fraction of sp³-hybridized carbons (Fsp3) is 0.400. The highest BCUT2D eigenvalue weighted by Crippen LogP contribution is 2.33. The van der Waals surface area contributed by atoms with Gasteiger partial charge in [-0.15, -0.1) is 0 Å². The van der Waals surface area contributed by atoms with Crippen LogP contribution in [0, 0.1) is 6.92 Å². The van der Waals surface area contributed by atoms with Crippen LogP contribution in [0.15, 0.2) is 47.5 Å². The lowest BCUT2D eigenvalue weighted by atomic mass is 10.1. The number of carbonyl (C=O) groups is 1. The van der Waals surface area contributed by atoms with E-state index >= 15 is 0 Å². The van der Waals surface area contributed by atoms with Crippen molar-refractivity contribution in [2.24, 2.45) is 0 Å². The van der Waals surface area contributed by atoms with E-state index in [2.05, 4.69) is 9.72 Å². The molecule has 0 bridgehead atoms. The molecule has 0 spiro atoms. The summed E-state index contributed by atoms with van der Waals surface area (Å²) < 4.78 is 36.8. The number of hydrogen-bond acceptors (Lipinski definition) is 5. The standard InChI is InChI=1S/C25H27F2N3O4/c1-3-33-21-13-17(7-10-20(21)34-25(26)27)14-30(18-8-9-18)22(31)11-12-29-15-28-23-16(2)5-4-6-19(23)24(29)32/h4-7,10,13,15,18,25H,3,8-9,11-12,14H2,1-2H3. The summed E-state index contributed by atoms with van der Waals surface area (Å²) in [4.78, 5) is 32.1. The van der Waals surface area contributed by atoms with Gasteiger partial charge in [-0.05, 0) is 56.0 Å². The molecule has 4 rings (SSSR count). The number of aryl methyl sites for hydroxylation is 2. The zero-order valence-corrected chi connectivity index (χ0v) is 19.2. The van der Waals surface area contributed by atoms with E-state index in [1.165, 1.54) is 17.0 Å². The van der Waals surface area contributed by atoms with Gasteiger partial charge in [-0.25, -0.2) is 4.98 Å². The highest BCUT2D eigenvalue weighted by atomic mass is 19.3. The lowest BCUT2D eigenvalue weighted by Crippen LogP contribution is -2.34. The molecule has 0 saturated heterocycles. The Morgan fingerprint density at radius 1 is 1.24 bits per heavy atom. The van der Waals surface area contributed by atoms with E-state index in [0.29, 0.717) is 24.1 Å². The number of aromatic nitrogens is 2. The molecule has 180 valence electrons. The third-order valence-corrected chi connectivity index (χ3v) is 5.81. The summed E-state index contributed by atoms with van der Waals surface area (Å²) in [7, 11) is 0. The van der Waals surface area contributed by atoms with Gasteiger partial charge >= 0.3 is 6.61 Å². The first kappa shape index (κ1) is 23.7. The number of alkyl halides is 2. The van der Waals surface area contributed by atoms with E-state index in [-0.39, 0.29) is 42.0 Å². The quantitative estimate of drug-likeness (QED) is 0.441. The van der Waals surface area contributed by atoms with Crippen LogP contribution < -0.4 is 15.0 Å². The molecular weight excluding hydrogens is 444 g/mol. The Labute approximate surface area is 195 Å². The van der Waals surface area contributed by atoms with Gasteiger partial charge in [0.15, 0.2) is 11.5 Å². The second kappa shape index (κ2) is 10.2. The summed E-state index contributed by atoms with van der Waals surface area (Å²) in [5.74, 6) is 0.0977. The van der Waals surface area contributed by atoms with Crippen molar-refractivity contribution in [3.8, 4) is 11.5 Å². The highest BCUT2D eigenvalue weighted by molar-refractivity contribution is 5.80. The number of hydrogen-bond donors (Lipinski definition) is 0. The predicted molar refractivity (Wildman–Crippen MR) is 123 cm³/mol. The molecule has 1 aromatic heterocycles. The van der Waals surface area contributed by atoms with E-state index in [1.807, 2.05) is 19.1 Å². The van der Waals surface area contributed by atoms with Crippen LogP contribution in [0.3, 0.4) is 0 Å². The number of para-hydroxylation sites is 1. The van der Waals surface area contributed by atoms with Gasteiger partial charge in [-0.3, -0.25) is 14.2 Å². The smallest absolute Gasteiger partial charge is 0.387 e. The number of carbonyl (C=O) groups excluding carboxylic acids is 1. The number of halogens is 2. The summed E-state index contributed by atoms with van der Waals surface area (Å²) in [6.07, 6.45) is 3.46. The molecule has 2 aromatic carbocycles. The molecule has 9 heteroatoms. The molecular formula is C25H27F2N3O4. The van der Waals surface area contributed by atoms with E-state index in [4.69, 9.17) is 4.74 Å². The number of amides is 1. The number of ether oxygens (including phenoxy) is 2. The molecule has 0 atom stereocenters. The number of nitrogens with zero attached hydrogens (tertiary/aromatic N) is 3. The molecule has 0 aliphatic heterocycles. The third-order valence-electron chi connectivity index (χ3n) is 5.81. The molecule has 34 heavy (non-hydrogen) atoms. The molecule has 1 aliphatic rings. The van der Waals surface area contributed by atoms with E-state index in [9.17, 15) is 18.4 Å². The molecule has 1 aliphatic carbocycles. The molecule has 1 amide bonds. The molecule has 1 heterocycles. The summed E-state index contributed by atoms with van der Waals surface area (Å²) in [6, 6.07) is 10.3. The first-order chi connectivity index (χ1) is 16.4. The first-order valence-electron chi connectivity index (χ1n) is 11.3. The average Bonchev–Trinajstić information content (AvgIpc) is 3.64. The van der Waals surface area contributed by atoms with Crippen molar-refractivity contribution in [3.63, 3.8) is 0 Å². The van der Waals surface area contributed by atoms with Crippen LogP contribution in [-0.4, -0.2) is 39.6 Å². The normalized spacial score (nSPS) is 13.3. The van der Waals surface area contributed by atoms with E-state index in [1.54, 1.807) is 30.0 Å². The Kier molecular flexibility index (Phi) is 7.09. The molecule has 1 fully saturated rings. The number of rotatable bonds is 10. The first-order valence-corrected chi connectivity index (χ1v) is 11.3. The minimum atomic E-state index is -2.95.